The molecule has 3 amide bonds. The van der Waals surface area contributed by atoms with E-state index < -0.39 is 42.1 Å². The van der Waals surface area contributed by atoms with E-state index in [-0.39, 0.29) is 31.6 Å². The molecule has 1 aromatic carbocycles. The maximum Gasteiger partial charge on any atom is 0.243 e. The van der Waals surface area contributed by atoms with E-state index >= 15 is 0 Å². The number of nitrogens with zero attached hydrogens (tertiary/aromatic N) is 2. The quantitative estimate of drug-likeness (QED) is 0.0888. The average Bonchev–Trinajstić information content (AvgIpc) is 3.64. The third-order valence-corrected chi connectivity index (χ3v) is 9.27. The number of aliphatic hydroxyl groups excluding tert-OH is 2. The molecule has 2 unspecified atom stereocenters. The maximum absolute atomic E-state index is 14.1. The molecule has 0 bridgehead atoms. The Labute approximate surface area is 289 Å². The van der Waals surface area contributed by atoms with E-state index in [0.717, 1.165) is 43.4 Å². The molecule has 0 radical (unpaired) electrons. The van der Waals surface area contributed by atoms with E-state index in [4.69, 9.17) is 5.73 Å². The van der Waals surface area contributed by atoms with Gasteiger partial charge in [-0.15, -0.1) is 0 Å². The largest absolute Gasteiger partial charge is 0.390 e. The summed E-state index contributed by atoms with van der Waals surface area (Å²) in [4.78, 5) is 52.2. The van der Waals surface area contributed by atoms with E-state index in [2.05, 4.69) is 30.9 Å². The Bertz CT molecular complexity index is 1390. The van der Waals surface area contributed by atoms with Gasteiger partial charge in [-0.2, -0.15) is 0 Å². The minimum absolute atomic E-state index is 0.106. The monoisotopic (exact) mass is 675 g/mol. The van der Waals surface area contributed by atoms with E-state index in [1.165, 1.54) is 6.33 Å². The maximum atomic E-state index is 14.1. The topological polar surface area (TPSA) is 195 Å². The summed E-state index contributed by atoms with van der Waals surface area (Å²) in [5.41, 5.74) is 7.89. The van der Waals surface area contributed by atoms with Crippen molar-refractivity contribution in [3.8, 4) is 0 Å². The third-order valence-electron chi connectivity index (χ3n) is 9.27. The zero-order chi connectivity index (χ0) is 34.8. The molecule has 3 aromatic rings. The Hall–Kier alpha value is -4.13. The first-order chi connectivity index (χ1) is 23.8. The van der Waals surface area contributed by atoms with Crippen LogP contribution in [0.1, 0.15) is 81.2 Å². The van der Waals surface area contributed by atoms with Crippen molar-refractivity contribution in [1.82, 2.24) is 30.9 Å². The van der Waals surface area contributed by atoms with Gasteiger partial charge in [0.2, 0.25) is 17.7 Å². The van der Waals surface area contributed by atoms with Gasteiger partial charge in [0.1, 0.15) is 18.2 Å². The molecule has 0 aliphatic heterocycles. The summed E-state index contributed by atoms with van der Waals surface area (Å²) >= 11 is 0. The second-order valence-corrected chi connectivity index (χ2v) is 13.2. The second-order valence-electron chi connectivity index (χ2n) is 13.2. The van der Waals surface area contributed by atoms with E-state index in [1.54, 1.807) is 12.4 Å². The van der Waals surface area contributed by atoms with Crippen molar-refractivity contribution < 1.29 is 24.6 Å². The van der Waals surface area contributed by atoms with Gasteiger partial charge in [-0.25, -0.2) is 4.98 Å². The van der Waals surface area contributed by atoms with Crippen molar-refractivity contribution in [3.63, 3.8) is 0 Å². The van der Waals surface area contributed by atoms with Crippen molar-refractivity contribution >= 4 is 17.7 Å². The number of aromatic nitrogens is 3. The van der Waals surface area contributed by atoms with E-state index in [9.17, 15) is 24.6 Å². The normalized spacial score (nSPS) is 16.6. The molecule has 4 rings (SSSR count). The minimum atomic E-state index is -1.23. The number of pyridine rings is 1. The molecule has 49 heavy (non-hydrogen) atoms. The Morgan fingerprint density at radius 3 is 2.33 bits per heavy atom. The number of carbonyl (C=O) groups is 3. The van der Waals surface area contributed by atoms with E-state index in [1.807, 2.05) is 48.5 Å². The van der Waals surface area contributed by atoms with Crippen LogP contribution >= 0.6 is 0 Å². The van der Waals surface area contributed by atoms with Crippen LogP contribution in [0.3, 0.4) is 0 Å². The van der Waals surface area contributed by atoms with Gasteiger partial charge in [0.15, 0.2) is 0 Å². The standard InChI is InChI=1S/C37H53N7O5/c38-19-9-7-16-34(46)42-31(22-27-13-5-2-6-14-27)36(48)44-32(23-29-24-39-25-41-29)37(49)43-30(21-26-11-3-1-4-12-26)35(47)33(45)18-17-28-15-8-10-20-40-28/h2,5-6,8,10,13-15,20,24-26,30-33,35,45,47H,1,3-4,7,9,11-12,16-19,21-23,38H2,(H,39,41)(H,42,46)(H,43,49)(H,44,48)/t30-,31?,32?,33-,35+/m0/s1. The number of aliphatic hydroxyl groups is 2. The lowest BCUT2D eigenvalue weighted by Gasteiger charge is -2.33. The zero-order valence-corrected chi connectivity index (χ0v) is 28.3. The van der Waals surface area contributed by atoms with Gasteiger partial charge < -0.3 is 36.9 Å². The van der Waals surface area contributed by atoms with Crippen LogP contribution in [0.5, 0.6) is 0 Å². The van der Waals surface area contributed by atoms with Crippen LogP contribution in [-0.2, 0) is 33.6 Å². The molecule has 2 heterocycles. The number of amides is 3. The van der Waals surface area contributed by atoms with Gasteiger partial charge in [-0.3, -0.25) is 19.4 Å². The predicted octanol–water partition coefficient (Wildman–Crippen LogP) is 2.50. The summed E-state index contributed by atoms with van der Waals surface area (Å²) in [5, 5.41) is 31.3. The Morgan fingerprint density at radius 2 is 1.63 bits per heavy atom. The fourth-order valence-corrected chi connectivity index (χ4v) is 6.48. The number of imidazole rings is 1. The van der Waals surface area contributed by atoms with Crippen LogP contribution in [0.25, 0.3) is 0 Å². The van der Waals surface area contributed by atoms with Crippen molar-refractivity contribution in [3.05, 3.63) is 84.2 Å². The third kappa shape index (κ3) is 13.0. The van der Waals surface area contributed by atoms with Crippen LogP contribution in [0.2, 0.25) is 0 Å². The van der Waals surface area contributed by atoms with Crippen molar-refractivity contribution in [2.24, 2.45) is 11.7 Å². The van der Waals surface area contributed by atoms with Crippen LogP contribution in [0.4, 0.5) is 0 Å². The number of carbonyl (C=O) groups excluding carboxylic acids is 3. The van der Waals surface area contributed by atoms with Crippen molar-refractivity contribution in [2.75, 3.05) is 6.54 Å². The number of benzene rings is 1. The van der Waals surface area contributed by atoms with Gasteiger partial charge in [0.05, 0.1) is 18.5 Å². The first kappa shape index (κ1) is 37.7. The number of nitrogens with one attached hydrogen (secondary N) is 4. The summed E-state index contributed by atoms with van der Waals surface area (Å²) in [5.74, 6) is -0.973. The van der Waals surface area contributed by atoms with Gasteiger partial charge >= 0.3 is 0 Å². The molecule has 2 aromatic heterocycles. The summed E-state index contributed by atoms with van der Waals surface area (Å²) in [6, 6.07) is 12.2. The van der Waals surface area contributed by atoms with Crippen LogP contribution in [0.15, 0.2) is 67.3 Å². The number of hydrogen-bond donors (Lipinski definition) is 7. The highest BCUT2D eigenvalue weighted by Gasteiger charge is 2.34. The molecule has 1 aliphatic carbocycles. The Kier molecular flexibility index (Phi) is 15.7. The number of H-pyrrole nitrogens is 1. The minimum Gasteiger partial charge on any atom is -0.390 e. The fraction of sp³-hybridized carbons (Fsp3) is 0.541. The summed E-state index contributed by atoms with van der Waals surface area (Å²) in [6.07, 6.45) is 10.9. The number of hydrogen-bond acceptors (Lipinski definition) is 8. The molecule has 1 fully saturated rings. The van der Waals surface area contributed by atoms with Gasteiger partial charge in [0, 0.05) is 43.0 Å². The smallest absolute Gasteiger partial charge is 0.243 e. The first-order valence-electron chi connectivity index (χ1n) is 17.7. The molecule has 266 valence electrons. The lowest BCUT2D eigenvalue weighted by Crippen LogP contribution is -2.58. The molecular weight excluding hydrogens is 622 g/mol. The number of nitrogens with two attached hydrogens (primary N) is 1. The first-order valence-corrected chi connectivity index (χ1v) is 17.7. The van der Waals surface area contributed by atoms with E-state index in [0.29, 0.717) is 43.8 Å². The lowest BCUT2D eigenvalue weighted by atomic mass is 9.82. The highest BCUT2D eigenvalue weighted by molar-refractivity contribution is 5.92. The molecule has 12 nitrogen and oxygen atoms in total. The Balaban J connectivity index is 1.51. The van der Waals surface area contributed by atoms with Crippen molar-refractivity contribution in [1.29, 1.82) is 0 Å². The number of aromatic amines is 1. The molecule has 12 heteroatoms. The molecule has 0 saturated heterocycles. The van der Waals surface area contributed by atoms with Gasteiger partial charge in [-0.05, 0) is 62.3 Å². The van der Waals surface area contributed by atoms with Gasteiger partial charge in [0.25, 0.3) is 0 Å². The average molecular weight is 676 g/mol. The second kappa shape index (κ2) is 20.4. The molecule has 1 aliphatic rings. The van der Waals surface area contributed by atoms with Crippen molar-refractivity contribution in [2.45, 2.75) is 114 Å². The predicted molar refractivity (Wildman–Crippen MR) is 187 cm³/mol. The molecule has 5 atom stereocenters. The fourth-order valence-electron chi connectivity index (χ4n) is 6.48. The highest BCUT2D eigenvalue weighted by Crippen LogP contribution is 2.29. The Morgan fingerprint density at radius 1 is 0.898 bits per heavy atom. The van der Waals surface area contributed by atoms with Crippen LogP contribution in [-0.4, -0.2) is 79.8 Å². The SMILES string of the molecule is NCCCCC(=O)NC(Cc1ccccc1)C(=O)NC(Cc1cnc[nH]1)C(=O)N[C@@H](CC1CCCCC1)[C@@H](O)[C@@H](O)CCc1ccccn1. The van der Waals surface area contributed by atoms with Crippen LogP contribution in [0, 0.1) is 5.92 Å². The molecule has 1 saturated carbocycles. The van der Waals surface area contributed by atoms with Gasteiger partial charge in [-0.1, -0.05) is 68.5 Å². The highest BCUT2D eigenvalue weighted by atomic mass is 16.3. The number of unbranched alkanes of at least 4 members (excludes halogenated alkanes) is 1. The number of rotatable bonds is 20. The molecule has 8 N–H and O–H groups in total. The van der Waals surface area contributed by atoms with Crippen LogP contribution < -0.4 is 21.7 Å². The lowest BCUT2D eigenvalue weighted by molar-refractivity contribution is -0.133. The molecule has 0 spiro atoms. The molecular formula is C37H53N7O5. The summed E-state index contributed by atoms with van der Waals surface area (Å²) in [6.45, 7) is 0.475. The number of aryl methyl sites for hydroxylation is 1. The summed E-state index contributed by atoms with van der Waals surface area (Å²) in [7, 11) is 0. The summed E-state index contributed by atoms with van der Waals surface area (Å²) < 4.78 is 0. The zero-order valence-electron chi connectivity index (χ0n) is 28.3.